The van der Waals surface area contributed by atoms with Crippen molar-refractivity contribution in [2.24, 2.45) is 0 Å². The van der Waals surface area contributed by atoms with E-state index < -0.39 is 6.03 Å². The molecule has 112 valence electrons. The van der Waals surface area contributed by atoms with Crippen LogP contribution in [-0.2, 0) is 14.5 Å². The minimum atomic E-state index is -0.584. The van der Waals surface area contributed by atoms with Gasteiger partial charge in [0.15, 0.2) is 0 Å². The average Bonchev–Trinajstić information content (AvgIpc) is 2.43. The molecule has 0 unspecified atom stereocenters. The molecule has 0 aliphatic rings. The SMILES string of the molecule is CCCCON(OCCCC)C(=O)N(C)C(=O)CC. The third-order valence-corrected chi connectivity index (χ3v) is 2.53. The molecule has 0 aromatic heterocycles. The maximum atomic E-state index is 12.0. The zero-order chi connectivity index (χ0) is 14.7. The number of nitrogens with zero attached hydrogens (tertiary/aromatic N) is 2. The molecule has 0 radical (unpaired) electrons. The third kappa shape index (κ3) is 7.12. The molecule has 0 heterocycles. The largest absolute Gasteiger partial charge is 0.375 e. The van der Waals surface area contributed by atoms with Crippen LogP contribution >= 0.6 is 0 Å². The molecule has 0 saturated heterocycles. The molecule has 0 aromatic rings. The van der Waals surface area contributed by atoms with E-state index >= 15 is 0 Å². The van der Waals surface area contributed by atoms with Crippen molar-refractivity contribution in [1.82, 2.24) is 10.1 Å². The summed E-state index contributed by atoms with van der Waals surface area (Å²) in [4.78, 5) is 35.1. The molecule has 0 rings (SSSR count). The van der Waals surface area contributed by atoms with Gasteiger partial charge in [0.1, 0.15) is 0 Å². The molecule has 0 fully saturated rings. The molecular weight excluding hydrogens is 248 g/mol. The minimum Gasteiger partial charge on any atom is -0.274 e. The summed E-state index contributed by atoms with van der Waals surface area (Å²) in [5.74, 6) is -0.270. The molecule has 0 bridgehead atoms. The second-order valence-corrected chi connectivity index (χ2v) is 4.22. The number of urea groups is 1. The van der Waals surface area contributed by atoms with Crippen LogP contribution in [0.5, 0.6) is 0 Å². The Hall–Kier alpha value is -1.14. The number of amides is 3. The number of hydroxylamine groups is 2. The molecule has 0 aliphatic carbocycles. The zero-order valence-electron chi connectivity index (χ0n) is 12.5. The Bertz CT molecular complexity index is 261. The molecule has 0 aromatic carbocycles. The Kier molecular flexibility index (Phi) is 10.1. The van der Waals surface area contributed by atoms with Crippen LogP contribution in [0.4, 0.5) is 4.79 Å². The van der Waals surface area contributed by atoms with Gasteiger partial charge in [-0.1, -0.05) is 38.8 Å². The fourth-order valence-electron chi connectivity index (χ4n) is 1.20. The van der Waals surface area contributed by atoms with Crippen molar-refractivity contribution >= 4 is 11.9 Å². The Morgan fingerprint density at radius 2 is 1.42 bits per heavy atom. The van der Waals surface area contributed by atoms with Crippen molar-refractivity contribution in [2.75, 3.05) is 20.3 Å². The highest BCUT2D eigenvalue weighted by Crippen LogP contribution is 2.04. The van der Waals surface area contributed by atoms with Crippen LogP contribution < -0.4 is 0 Å². The smallest absolute Gasteiger partial charge is 0.274 e. The fourth-order valence-corrected chi connectivity index (χ4v) is 1.20. The highest BCUT2D eigenvalue weighted by Gasteiger charge is 2.24. The van der Waals surface area contributed by atoms with Crippen LogP contribution in [0, 0.1) is 0 Å². The summed E-state index contributed by atoms with van der Waals surface area (Å²) in [5, 5.41) is 0.832. The molecule has 19 heavy (non-hydrogen) atoms. The van der Waals surface area contributed by atoms with Gasteiger partial charge >= 0.3 is 6.03 Å². The predicted molar refractivity (Wildman–Crippen MR) is 72.0 cm³/mol. The van der Waals surface area contributed by atoms with E-state index in [1.165, 1.54) is 7.05 Å². The van der Waals surface area contributed by atoms with Gasteiger partial charge in [-0.3, -0.25) is 9.69 Å². The van der Waals surface area contributed by atoms with Gasteiger partial charge in [0.25, 0.3) is 0 Å². The molecule has 6 heteroatoms. The van der Waals surface area contributed by atoms with E-state index in [1.54, 1.807) is 6.92 Å². The molecule has 0 aliphatic heterocycles. The van der Waals surface area contributed by atoms with Crippen molar-refractivity contribution in [3.63, 3.8) is 0 Å². The van der Waals surface area contributed by atoms with E-state index in [4.69, 9.17) is 9.68 Å². The highest BCUT2D eigenvalue weighted by atomic mass is 17.0. The van der Waals surface area contributed by atoms with Crippen LogP contribution in [0.25, 0.3) is 0 Å². The van der Waals surface area contributed by atoms with Crippen LogP contribution in [0.2, 0.25) is 0 Å². The maximum Gasteiger partial charge on any atom is 0.375 e. The van der Waals surface area contributed by atoms with Crippen molar-refractivity contribution in [2.45, 2.75) is 52.9 Å². The Morgan fingerprint density at radius 3 is 1.79 bits per heavy atom. The Balaban J connectivity index is 4.42. The number of imide groups is 1. The highest BCUT2D eigenvalue weighted by molar-refractivity contribution is 5.93. The summed E-state index contributed by atoms with van der Waals surface area (Å²) >= 11 is 0. The van der Waals surface area contributed by atoms with Gasteiger partial charge in [0.05, 0.1) is 13.2 Å². The predicted octanol–water partition coefficient (Wildman–Crippen LogP) is 2.74. The van der Waals surface area contributed by atoms with Gasteiger partial charge in [-0.15, -0.1) is 0 Å². The topological polar surface area (TPSA) is 59.1 Å². The molecule has 0 spiro atoms. The first-order valence-electron chi connectivity index (χ1n) is 6.94. The van der Waals surface area contributed by atoms with Gasteiger partial charge in [-0.25, -0.2) is 14.5 Å². The second-order valence-electron chi connectivity index (χ2n) is 4.22. The van der Waals surface area contributed by atoms with E-state index in [0.717, 1.165) is 35.8 Å². The lowest BCUT2D eigenvalue weighted by Gasteiger charge is -2.24. The molecule has 3 amide bonds. The van der Waals surface area contributed by atoms with Gasteiger partial charge in [0.2, 0.25) is 5.91 Å². The van der Waals surface area contributed by atoms with Crippen LogP contribution in [0.3, 0.4) is 0 Å². The average molecular weight is 274 g/mol. The number of carbonyl (C=O) groups is 2. The standard InChI is InChI=1S/C13H26N2O4/c1-5-8-10-18-15(19-11-9-6-2)13(17)14(4)12(16)7-3/h5-11H2,1-4H3. The summed E-state index contributed by atoms with van der Waals surface area (Å²) < 4.78 is 0. The summed E-state index contributed by atoms with van der Waals surface area (Å²) in [6.07, 6.45) is 3.83. The Morgan fingerprint density at radius 1 is 0.947 bits per heavy atom. The van der Waals surface area contributed by atoms with Gasteiger partial charge < -0.3 is 0 Å². The summed E-state index contributed by atoms with van der Waals surface area (Å²) in [6.45, 7) is 6.54. The van der Waals surface area contributed by atoms with Gasteiger partial charge in [-0.05, 0) is 12.8 Å². The summed E-state index contributed by atoms with van der Waals surface area (Å²) in [7, 11) is 1.42. The molecule has 6 nitrogen and oxygen atoms in total. The minimum absolute atomic E-state index is 0.264. The lowest BCUT2D eigenvalue weighted by Crippen LogP contribution is -2.44. The number of rotatable bonds is 9. The number of carbonyl (C=O) groups excluding carboxylic acids is 2. The third-order valence-electron chi connectivity index (χ3n) is 2.53. The van der Waals surface area contributed by atoms with E-state index in [9.17, 15) is 9.59 Å². The molecular formula is C13H26N2O4. The number of hydrogen-bond acceptors (Lipinski definition) is 4. The first kappa shape index (κ1) is 17.9. The van der Waals surface area contributed by atoms with Crippen molar-refractivity contribution in [3.8, 4) is 0 Å². The first-order valence-corrected chi connectivity index (χ1v) is 6.94. The van der Waals surface area contributed by atoms with Crippen LogP contribution in [-0.4, -0.2) is 42.3 Å². The lowest BCUT2D eigenvalue weighted by atomic mass is 10.4. The lowest BCUT2D eigenvalue weighted by molar-refractivity contribution is -0.330. The number of unbranched alkanes of at least 4 members (excludes halogenated alkanes) is 2. The second kappa shape index (κ2) is 10.8. The van der Waals surface area contributed by atoms with Crippen molar-refractivity contribution in [1.29, 1.82) is 0 Å². The quantitative estimate of drug-likeness (QED) is 0.479. The normalized spacial score (nSPS) is 10.3. The molecule has 0 N–H and O–H groups in total. The Labute approximate surface area is 115 Å². The van der Waals surface area contributed by atoms with Gasteiger partial charge in [-0.2, -0.15) is 0 Å². The zero-order valence-corrected chi connectivity index (χ0v) is 12.5. The van der Waals surface area contributed by atoms with Gasteiger partial charge in [0, 0.05) is 13.5 Å². The van der Waals surface area contributed by atoms with Crippen LogP contribution in [0.1, 0.15) is 52.9 Å². The van der Waals surface area contributed by atoms with E-state index in [1.807, 2.05) is 13.8 Å². The summed E-state index contributed by atoms with van der Waals surface area (Å²) in [5.41, 5.74) is 0. The summed E-state index contributed by atoms with van der Waals surface area (Å²) in [6, 6.07) is -0.584. The van der Waals surface area contributed by atoms with E-state index in [0.29, 0.717) is 13.2 Å². The number of hydrogen-bond donors (Lipinski definition) is 0. The van der Waals surface area contributed by atoms with Crippen molar-refractivity contribution < 1.29 is 19.3 Å². The van der Waals surface area contributed by atoms with E-state index in [-0.39, 0.29) is 12.3 Å². The first-order chi connectivity index (χ1) is 9.08. The molecule has 0 atom stereocenters. The fraction of sp³-hybridized carbons (Fsp3) is 0.846. The van der Waals surface area contributed by atoms with E-state index in [2.05, 4.69) is 0 Å². The molecule has 0 saturated carbocycles. The van der Waals surface area contributed by atoms with Crippen molar-refractivity contribution in [3.05, 3.63) is 0 Å². The maximum absolute atomic E-state index is 12.0. The van der Waals surface area contributed by atoms with Crippen LogP contribution in [0.15, 0.2) is 0 Å². The monoisotopic (exact) mass is 274 g/mol.